The van der Waals surface area contributed by atoms with E-state index in [1.54, 1.807) is 6.07 Å². The van der Waals surface area contributed by atoms with E-state index in [0.29, 0.717) is 10.0 Å². The van der Waals surface area contributed by atoms with Crippen molar-refractivity contribution in [3.63, 3.8) is 0 Å². The van der Waals surface area contributed by atoms with Gasteiger partial charge in [0.1, 0.15) is 5.82 Å². The van der Waals surface area contributed by atoms with Gasteiger partial charge in [0.15, 0.2) is 0 Å². The number of rotatable bonds is 3. The SMILES string of the molecule is COC(=O)C(=O)Cc1ccc(Br)c(F)c1. The molecule has 0 amide bonds. The van der Waals surface area contributed by atoms with Gasteiger partial charge < -0.3 is 4.74 Å². The third-order valence-electron chi connectivity index (χ3n) is 1.76. The molecule has 80 valence electrons. The van der Waals surface area contributed by atoms with Crippen LogP contribution in [0.4, 0.5) is 4.39 Å². The van der Waals surface area contributed by atoms with Gasteiger partial charge >= 0.3 is 5.97 Å². The normalized spacial score (nSPS) is 9.80. The fourth-order valence-corrected chi connectivity index (χ4v) is 1.27. The maximum absolute atomic E-state index is 13.0. The lowest BCUT2D eigenvalue weighted by atomic mass is 10.1. The summed E-state index contributed by atoms with van der Waals surface area (Å²) in [7, 11) is 1.13. The zero-order valence-corrected chi connectivity index (χ0v) is 9.51. The third-order valence-corrected chi connectivity index (χ3v) is 2.40. The molecule has 0 unspecified atom stereocenters. The lowest BCUT2D eigenvalue weighted by molar-refractivity contribution is -0.151. The molecule has 5 heteroatoms. The van der Waals surface area contributed by atoms with Gasteiger partial charge in [-0.25, -0.2) is 9.18 Å². The highest BCUT2D eigenvalue weighted by molar-refractivity contribution is 9.10. The van der Waals surface area contributed by atoms with Gasteiger partial charge in [-0.05, 0) is 33.6 Å². The van der Waals surface area contributed by atoms with Gasteiger partial charge in [0, 0.05) is 6.42 Å². The Hall–Kier alpha value is -1.23. The van der Waals surface area contributed by atoms with E-state index in [1.807, 2.05) is 0 Å². The van der Waals surface area contributed by atoms with Crippen LogP contribution in [0.1, 0.15) is 5.56 Å². The van der Waals surface area contributed by atoms with Crippen LogP contribution in [0.3, 0.4) is 0 Å². The Morgan fingerprint density at radius 2 is 2.13 bits per heavy atom. The van der Waals surface area contributed by atoms with Crippen molar-refractivity contribution in [3.05, 3.63) is 34.1 Å². The average Bonchev–Trinajstić information content (AvgIpc) is 2.22. The number of carbonyl (C=O) groups is 2. The first kappa shape index (κ1) is 11.8. The molecule has 0 spiro atoms. The number of hydrogen-bond acceptors (Lipinski definition) is 3. The number of Topliss-reactive ketones (excluding diaryl/α,β-unsaturated/α-hetero) is 1. The van der Waals surface area contributed by atoms with Crippen LogP contribution in [0.15, 0.2) is 22.7 Å². The van der Waals surface area contributed by atoms with Gasteiger partial charge in [-0.2, -0.15) is 0 Å². The summed E-state index contributed by atoms with van der Waals surface area (Å²) < 4.78 is 17.6. The minimum atomic E-state index is -0.918. The molecule has 1 rings (SSSR count). The van der Waals surface area contributed by atoms with Crippen molar-refractivity contribution < 1.29 is 18.7 Å². The van der Waals surface area contributed by atoms with Crippen molar-refractivity contribution >= 4 is 27.7 Å². The minimum absolute atomic E-state index is 0.156. The van der Waals surface area contributed by atoms with Crippen LogP contribution in [0.25, 0.3) is 0 Å². The lowest BCUT2D eigenvalue weighted by Gasteiger charge is -2.01. The summed E-state index contributed by atoms with van der Waals surface area (Å²) in [5.41, 5.74) is 0.436. The molecule has 0 heterocycles. The molecule has 0 aliphatic carbocycles. The summed E-state index contributed by atoms with van der Waals surface area (Å²) in [6, 6.07) is 4.24. The monoisotopic (exact) mass is 274 g/mol. The molecule has 0 fully saturated rings. The summed E-state index contributed by atoms with van der Waals surface area (Å²) in [5.74, 6) is -2.08. The van der Waals surface area contributed by atoms with Crippen LogP contribution in [0, 0.1) is 5.82 Å². The molecule has 0 bridgehead atoms. The molecule has 0 N–H and O–H groups in total. The van der Waals surface area contributed by atoms with Crippen molar-refractivity contribution in [1.29, 1.82) is 0 Å². The Bertz CT molecular complexity index is 404. The topological polar surface area (TPSA) is 43.4 Å². The standard InChI is InChI=1S/C10H8BrFO3/c1-15-10(14)9(13)5-6-2-3-7(11)8(12)4-6/h2-4H,5H2,1H3. The summed E-state index contributed by atoms with van der Waals surface area (Å²) in [4.78, 5) is 21.9. The van der Waals surface area contributed by atoms with E-state index in [1.165, 1.54) is 12.1 Å². The number of ether oxygens (including phenoxy) is 1. The van der Waals surface area contributed by atoms with Gasteiger partial charge in [-0.1, -0.05) is 6.07 Å². The van der Waals surface area contributed by atoms with Gasteiger partial charge in [0.05, 0.1) is 11.6 Å². The summed E-state index contributed by atoms with van der Waals surface area (Å²) in [6.07, 6.45) is -0.156. The summed E-state index contributed by atoms with van der Waals surface area (Å²) in [6.45, 7) is 0. The number of benzene rings is 1. The van der Waals surface area contributed by atoms with Gasteiger partial charge in [-0.3, -0.25) is 4.79 Å². The van der Waals surface area contributed by atoms with Gasteiger partial charge in [0.25, 0.3) is 0 Å². The van der Waals surface area contributed by atoms with Crippen molar-refractivity contribution in [3.8, 4) is 0 Å². The van der Waals surface area contributed by atoms with Crippen molar-refractivity contribution in [2.24, 2.45) is 0 Å². The predicted molar refractivity (Wildman–Crippen MR) is 54.8 cm³/mol. The second-order valence-corrected chi connectivity index (χ2v) is 3.69. The highest BCUT2D eigenvalue weighted by Crippen LogP contribution is 2.16. The Labute approximate surface area is 94.4 Å². The molecule has 3 nitrogen and oxygen atoms in total. The highest BCUT2D eigenvalue weighted by atomic mass is 79.9. The van der Waals surface area contributed by atoms with Crippen LogP contribution in [0.5, 0.6) is 0 Å². The second-order valence-electron chi connectivity index (χ2n) is 2.84. The van der Waals surface area contributed by atoms with E-state index in [9.17, 15) is 14.0 Å². The molecule has 0 saturated carbocycles. The van der Waals surface area contributed by atoms with E-state index in [2.05, 4.69) is 20.7 Å². The molecule has 0 aliphatic rings. The van der Waals surface area contributed by atoms with Gasteiger partial charge in [-0.15, -0.1) is 0 Å². The molecule has 0 radical (unpaired) electrons. The number of carbonyl (C=O) groups excluding carboxylic acids is 2. The quantitative estimate of drug-likeness (QED) is 0.624. The lowest BCUT2D eigenvalue weighted by Crippen LogP contribution is -2.17. The molecular formula is C10H8BrFO3. The number of methoxy groups -OCH3 is 1. The first-order valence-electron chi connectivity index (χ1n) is 4.09. The maximum Gasteiger partial charge on any atom is 0.374 e. The Morgan fingerprint density at radius 1 is 1.47 bits per heavy atom. The maximum atomic E-state index is 13.0. The Balaban J connectivity index is 2.77. The predicted octanol–water partition coefficient (Wildman–Crippen LogP) is 1.87. The first-order valence-corrected chi connectivity index (χ1v) is 4.89. The largest absolute Gasteiger partial charge is 0.463 e. The molecule has 0 atom stereocenters. The zero-order chi connectivity index (χ0) is 11.4. The van der Waals surface area contributed by atoms with Gasteiger partial charge in [0.2, 0.25) is 5.78 Å². The second kappa shape index (κ2) is 5.02. The Morgan fingerprint density at radius 3 is 2.67 bits per heavy atom. The zero-order valence-electron chi connectivity index (χ0n) is 7.92. The van der Waals surface area contributed by atoms with Crippen molar-refractivity contribution in [1.82, 2.24) is 0 Å². The molecule has 1 aromatic carbocycles. The Kier molecular flexibility index (Phi) is 3.96. The minimum Gasteiger partial charge on any atom is -0.463 e. The molecule has 1 aromatic rings. The molecular weight excluding hydrogens is 267 g/mol. The fourth-order valence-electron chi connectivity index (χ4n) is 1.02. The fraction of sp³-hybridized carbons (Fsp3) is 0.200. The third kappa shape index (κ3) is 3.13. The van der Waals surface area contributed by atoms with E-state index in [-0.39, 0.29) is 6.42 Å². The van der Waals surface area contributed by atoms with Crippen LogP contribution >= 0.6 is 15.9 Å². The number of esters is 1. The molecule has 0 saturated heterocycles. The van der Waals surface area contributed by atoms with Crippen LogP contribution in [0.2, 0.25) is 0 Å². The van der Waals surface area contributed by atoms with Crippen LogP contribution in [-0.4, -0.2) is 18.9 Å². The van der Waals surface area contributed by atoms with Crippen molar-refractivity contribution in [2.75, 3.05) is 7.11 Å². The number of hydrogen-bond donors (Lipinski definition) is 0. The molecule has 0 aromatic heterocycles. The van der Waals surface area contributed by atoms with Crippen LogP contribution in [-0.2, 0) is 20.7 Å². The van der Waals surface area contributed by atoms with E-state index in [0.717, 1.165) is 7.11 Å². The van der Waals surface area contributed by atoms with Crippen molar-refractivity contribution in [2.45, 2.75) is 6.42 Å². The van der Waals surface area contributed by atoms with E-state index in [4.69, 9.17) is 0 Å². The van der Waals surface area contributed by atoms with Crippen LogP contribution < -0.4 is 0 Å². The summed E-state index contributed by atoms with van der Waals surface area (Å²) in [5, 5.41) is 0. The van der Waals surface area contributed by atoms with E-state index >= 15 is 0 Å². The molecule has 15 heavy (non-hydrogen) atoms. The van der Waals surface area contributed by atoms with E-state index < -0.39 is 17.6 Å². The summed E-state index contributed by atoms with van der Waals surface area (Å²) >= 11 is 2.99. The highest BCUT2D eigenvalue weighted by Gasteiger charge is 2.14. The first-order chi connectivity index (χ1) is 7.04. The number of halogens is 2. The smallest absolute Gasteiger partial charge is 0.374 e. The molecule has 0 aliphatic heterocycles. The number of ketones is 1. The average molecular weight is 275 g/mol.